The Hall–Kier alpha value is -2.99. The van der Waals surface area contributed by atoms with E-state index in [0.717, 1.165) is 41.6 Å². The van der Waals surface area contributed by atoms with Gasteiger partial charge in [-0.15, -0.1) is 0 Å². The maximum absolute atomic E-state index is 12.3. The smallest absolute Gasteiger partial charge is 0.246 e. The van der Waals surface area contributed by atoms with Gasteiger partial charge < -0.3 is 25.0 Å². The number of hydrogen-bond acceptors (Lipinski definition) is 5. The van der Waals surface area contributed by atoms with E-state index in [2.05, 4.69) is 10.6 Å². The molecule has 31 heavy (non-hydrogen) atoms. The predicted molar refractivity (Wildman–Crippen MR) is 126 cm³/mol. The highest BCUT2D eigenvalue weighted by Gasteiger charge is 2.15. The third-order valence-electron chi connectivity index (χ3n) is 5.49. The van der Waals surface area contributed by atoms with Crippen LogP contribution in [-0.2, 0) is 4.79 Å². The molecule has 1 atom stereocenters. The summed E-state index contributed by atoms with van der Waals surface area (Å²) in [5.74, 6) is 2.24. The molecule has 0 unspecified atom stereocenters. The molecular weight excluding hydrogens is 390 g/mol. The van der Waals surface area contributed by atoms with Gasteiger partial charge in [0.2, 0.25) is 5.91 Å². The van der Waals surface area contributed by atoms with Crippen LogP contribution in [0.3, 0.4) is 0 Å². The molecule has 166 valence electrons. The van der Waals surface area contributed by atoms with E-state index in [1.807, 2.05) is 62.4 Å². The monoisotopic (exact) mass is 423 g/mol. The van der Waals surface area contributed by atoms with E-state index in [0.29, 0.717) is 19.1 Å². The van der Waals surface area contributed by atoms with Crippen LogP contribution in [0.4, 0.5) is 5.69 Å². The van der Waals surface area contributed by atoms with Crippen LogP contribution in [0.25, 0.3) is 6.08 Å². The number of nitrogens with one attached hydrogen (secondary N) is 2. The van der Waals surface area contributed by atoms with Crippen molar-refractivity contribution in [1.82, 2.24) is 10.2 Å². The van der Waals surface area contributed by atoms with Crippen LogP contribution in [0.15, 0.2) is 48.5 Å². The Balaban J connectivity index is 1.79. The van der Waals surface area contributed by atoms with Crippen LogP contribution in [0.5, 0.6) is 17.2 Å². The Kier molecular flexibility index (Phi) is 8.35. The molecule has 2 aromatic carbocycles. The van der Waals surface area contributed by atoms with Crippen molar-refractivity contribution in [3.63, 3.8) is 0 Å². The maximum Gasteiger partial charge on any atom is 0.246 e. The summed E-state index contributed by atoms with van der Waals surface area (Å²) in [4.78, 5) is 14.1. The molecule has 2 N–H and O–H groups in total. The van der Waals surface area contributed by atoms with Gasteiger partial charge >= 0.3 is 0 Å². The number of methoxy groups -OCH3 is 1. The Morgan fingerprint density at radius 1 is 1.16 bits per heavy atom. The number of likely N-dealkylation sites (N-methyl/N-ethyl adjacent to an activating group) is 1. The minimum atomic E-state index is 0.0112. The van der Waals surface area contributed by atoms with Crippen LogP contribution in [0.2, 0.25) is 0 Å². The van der Waals surface area contributed by atoms with Crippen molar-refractivity contribution >= 4 is 17.7 Å². The van der Waals surface area contributed by atoms with Crippen molar-refractivity contribution in [2.45, 2.75) is 32.7 Å². The van der Waals surface area contributed by atoms with Gasteiger partial charge in [-0.05, 0) is 81.3 Å². The molecule has 6 nitrogen and oxygen atoms in total. The molecule has 0 saturated carbocycles. The van der Waals surface area contributed by atoms with Gasteiger partial charge in [0.15, 0.2) is 5.75 Å². The van der Waals surface area contributed by atoms with Crippen molar-refractivity contribution in [3.8, 4) is 17.2 Å². The van der Waals surface area contributed by atoms with E-state index < -0.39 is 0 Å². The number of benzene rings is 2. The minimum absolute atomic E-state index is 0.0112. The molecule has 1 amide bonds. The number of nitrogens with zero attached hydrogens (tertiary/aromatic N) is 1. The van der Waals surface area contributed by atoms with E-state index in [-0.39, 0.29) is 5.91 Å². The lowest BCUT2D eigenvalue weighted by molar-refractivity contribution is -0.125. The first kappa shape index (κ1) is 22.7. The number of rotatable bonds is 10. The second kappa shape index (κ2) is 11.4. The van der Waals surface area contributed by atoms with Crippen LogP contribution in [0, 0.1) is 0 Å². The summed E-state index contributed by atoms with van der Waals surface area (Å²) in [5, 5.41) is 7.02. The molecule has 0 aromatic heterocycles. The maximum atomic E-state index is 12.3. The van der Waals surface area contributed by atoms with E-state index >= 15 is 0 Å². The highest BCUT2D eigenvalue weighted by Crippen LogP contribution is 2.32. The first-order valence-electron chi connectivity index (χ1n) is 11.0. The van der Waals surface area contributed by atoms with E-state index in [1.54, 1.807) is 18.1 Å². The van der Waals surface area contributed by atoms with Gasteiger partial charge in [-0.1, -0.05) is 6.07 Å². The Morgan fingerprint density at radius 3 is 2.55 bits per heavy atom. The largest absolute Gasteiger partial charge is 0.497 e. The fraction of sp³-hybridized carbons (Fsp3) is 0.400. The Bertz CT molecular complexity index is 870. The summed E-state index contributed by atoms with van der Waals surface area (Å²) >= 11 is 0. The van der Waals surface area contributed by atoms with Gasteiger partial charge in [0.1, 0.15) is 11.5 Å². The Morgan fingerprint density at radius 2 is 1.90 bits per heavy atom. The van der Waals surface area contributed by atoms with Crippen LogP contribution < -0.4 is 20.1 Å². The SMILES string of the molecule is CCN(CC)C(=O)C=Cc1ccc(NC[C@@H]2CCCN2)c(Oc2ccc(OC)cc2)c1. The average molecular weight is 424 g/mol. The fourth-order valence-electron chi connectivity index (χ4n) is 3.62. The van der Waals surface area contributed by atoms with Gasteiger partial charge in [0.25, 0.3) is 0 Å². The molecule has 1 aliphatic heterocycles. The fourth-order valence-corrected chi connectivity index (χ4v) is 3.62. The van der Waals surface area contributed by atoms with Crippen molar-refractivity contribution in [3.05, 3.63) is 54.1 Å². The molecule has 6 heteroatoms. The number of hydrogen-bond donors (Lipinski definition) is 2. The third kappa shape index (κ3) is 6.49. The second-order valence-electron chi connectivity index (χ2n) is 7.55. The van der Waals surface area contributed by atoms with Crippen LogP contribution in [-0.4, -0.2) is 50.1 Å². The zero-order valence-electron chi connectivity index (χ0n) is 18.7. The molecule has 1 saturated heterocycles. The number of carbonyl (C=O) groups is 1. The predicted octanol–water partition coefficient (Wildman–Crippen LogP) is 4.53. The molecule has 2 aromatic rings. The van der Waals surface area contributed by atoms with Gasteiger partial charge in [0.05, 0.1) is 12.8 Å². The first-order valence-corrected chi connectivity index (χ1v) is 11.0. The first-order chi connectivity index (χ1) is 15.1. The lowest BCUT2D eigenvalue weighted by atomic mass is 10.1. The minimum Gasteiger partial charge on any atom is -0.497 e. The summed E-state index contributed by atoms with van der Waals surface area (Å²) in [5.41, 5.74) is 1.84. The quantitative estimate of drug-likeness (QED) is 0.550. The van der Waals surface area contributed by atoms with Crippen LogP contribution >= 0.6 is 0 Å². The van der Waals surface area contributed by atoms with Crippen molar-refractivity contribution in [1.29, 1.82) is 0 Å². The topological polar surface area (TPSA) is 62.8 Å². The van der Waals surface area contributed by atoms with Crippen molar-refractivity contribution in [2.24, 2.45) is 0 Å². The Labute approximate surface area is 185 Å². The van der Waals surface area contributed by atoms with Gasteiger partial charge in [-0.2, -0.15) is 0 Å². The zero-order chi connectivity index (χ0) is 22.1. The second-order valence-corrected chi connectivity index (χ2v) is 7.55. The molecule has 0 aliphatic carbocycles. The highest BCUT2D eigenvalue weighted by molar-refractivity contribution is 5.91. The number of amides is 1. The average Bonchev–Trinajstić information content (AvgIpc) is 3.32. The van der Waals surface area contributed by atoms with E-state index in [4.69, 9.17) is 9.47 Å². The molecule has 1 fully saturated rings. The lowest BCUT2D eigenvalue weighted by Gasteiger charge is -2.17. The van der Waals surface area contributed by atoms with Crippen molar-refractivity contribution in [2.75, 3.05) is 38.6 Å². The number of carbonyl (C=O) groups excluding carboxylic acids is 1. The summed E-state index contributed by atoms with van der Waals surface area (Å²) in [7, 11) is 1.64. The van der Waals surface area contributed by atoms with Gasteiger partial charge in [-0.3, -0.25) is 4.79 Å². The molecule has 0 bridgehead atoms. The molecule has 3 rings (SSSR count). The summed E-state index contributed by atoms with van der Waals surface area (Å²) in [6.45, 7) is 7.28. The standard InChI is InChI=1S/C25H33N3O3/c1-4-28(5-2)25(29)15-9-19-8-14-23(27-18-20-7-6-16-26-20)24(17-19)31-22-12-10-21(30-3)11-13-22/h8-15,17,20,26-27H,4-7,16,18H2,1-3H3/t20-/m0/s1. The van der Waals surface area contributed by atoms with E-state index in [9.17, 15) is 4.79 Å². The van der Waals surface area contributed by atoms with Crippen LogP contribution in [0.1, 0.15) is 32.3 Å². The summed E-state index contributed by atoms with van der Waals surface area (Å²) < 4.78 is 11.4. The van der Waals surface area contributed by atoms with Crippen molar-refractivity contribution < 1.29 is 14.3 Å². The molecule has 1 aliphatic rings. The summed E-state index contributed by atoms with van der Waals surface area (Å²) in [6.07, 6.45) is 5.85. The number of ether oxygens (including phenoxy) is 2. The normalized spacial score (nSPS) is 15.8. The third-order valence-corrected chi connectivity index (χ3v) is 5.49. The van der Waals surface area contributed by atoms with Gasteiger partial charge in [0, 0.05) is 31.8 Å². The zero-order valence-corrected chi connectivity index (χ0v) is 18.7. The number of anilines is 1. The summed E-state index contributed by atoms with van der Waals surface area (Å²) in [6, 6.07) is 13.9. The van der Waals surface area contributed by atoms with Gasteiger partial charge in [-0.25, -0.2) is 0 Å². The molecule has 1 heterocycles. The molecular formula is C25H33N3O3. The molecule has 0 radical (unpaired) electrons. The highest BCUT2D eigenvalue weighted by atomic mass is 16.5. The van der Waals surface area contributed by atoms with E-state index in [1.165, 1.54) is 12.8 Å². The lowest BCUT2D eigenvalue weighted by Crippen LogP contribution is -2.29. The molecule has 0 spiro atoms.